The summed E-state index contributed by atoms with van der Waals surface area (Å²) >= 11 is 1.17. The average Bonchev–Trinajstić information content (AvgIpc) is 2.93. The average molecular weight is 325 g/mol. The van der Waals surface area contributed by atoms with Crippen molar-refractivity contribution in [1.29, 1.82) is 0 Å². The van der Waals surface area contributed by atoms with Crippen LogP contribution in [-0.4, -0.2) is 47.8 Å². The van der Waals surface area contributed by atoms with Crippen LogP contribution in [0.1, 0.15) is 27.4 Å². The van der Waals surface area contributed by atoms with Crippen molar-refractivity contribution in [2.45, 2.75) is 18.9 Å². The molecule has 0 bridgehead atoms. The summed E-state index contributed by atoms with van der Waals surface area (Å²) in [5.41, 5.74) is 0. The first-order valence-electron chi connectivity index (χ1n) is 6.29. The van der Waals surface area contributed by atoms with Gasteiger partial charge >= 0.3 is 17.9 Å². The SMILES string of the molecule is COC(=O)c1ccc(C#CCNC(CCC(=O)O)C(=O)O)s1. The first-order chi connectivity index (χ1) is 10.4. The van der Waals surface area contributed by atoms with Crippen molar-refractivity contribution in [3.63, 3.8) is 0 Å². The second kappa shape index (κ2) is 8.81. The highest BCUT2D eigenvalue weighted by Gasteiger charge is 2.17. The molecule has 3 N–H and O–H groups in total. The predicted molar refractivity (Wildman–Crippen MR) is 78.8 cm³/mol. The molecule has 118 valence electrons. The molecule has 1 rings (SSSR count). The molecule has 0 aromatic carbocycles. The van der Waals surface area contributed by atoms with Crippen LogP contribution in [0.5, 0.6) is 0 Å². The van der Waals surface area contributed by atoms with Crippen LogP contribution in [0.3, 0.4) is 0 Å². The normalized spacial score (nSPS) is 11.1. The summed E-state index contributed by atoms with van der Waals surface area (Å²) in [7, 11) is 1.29. The van der Waals surface area contributed by atoms with Crippen LogP contribution in [0, 0.1) is 11.8 Å². The van der Waals surface area contributed by atoms with Crippen molar-refractivity contribution in [2.24, 2.45) is 0 Å². The van der Waals surface area contributed by atoms with Crippen LogP contribution >= 0.6 is 11.3 Å². The lowest BCUT2D eigenvalue weighted by molar-refractivity contribution is -0.140. The second-order valence-electron chi connectivity index (χ2n) is 4.16. The maximum atomic E-state index is 11.3. The van der Waals surface area contributed by atoms with Gasteiger partial charge in [0.2, 0.25) is 0 Å². The first-order valence-corrected chi connectivity index (χ1v) is 7.10. The molecule has 7 nitrogen and oxygen atoms in total. The molecule has 0 radical (unpaired) electrons. The fourth-order valence-electron chi connectivity index (χ4n) is 1.50. The number of carbonyl (C=O) groups excluding carboxylic acids is 1. The van der Waals surface area contributed by atoms with Gasteiger partial charge in [0.15, 0.2) is 0 Å². The molecule has 0 aliphatic carbocycles. The van der Waals surface area contributed by atoms with Crippen LogP contribution in [0.25, 0.3) is 0 Å². The molecule has 0 spiro atoms. The maximum Gasteiger partial charge on any atom is 0.348 e. The van der Waals surface area contributed by atoms with Crippen molar-refractivity contribution in [2.75, 3.05) is 13.7 Å². The molecule has 8 heteroatoms. The largest absolute Gasteiger partial charge is 0.481 e. The third-order valence-corrected chi connectivity index (χ3v) is 3.57. The highest BCUT2D eigenvalue weighted by Crippen LogP contribution is 2.15. The van der Waals surface area contributed by atoms with E-state index in [0.29, 0.717) is 9.75 Å². The number of esters is 1. The molecular formula is C14H15NO6S. The number of carboxylic acids is 2. The van der Waals surface area contributed by atoms with Crippen LogP contribution in [0.15, 0.2) is 12.1 Å². The zero-order chi connectivity index (χ0) is 16.5. The van der Waals surface area contributed by atoms with Gasteiger partial charge in [-0.3, -0.25) is 14.9 Å². The monoisotopic (exact) mass is 325 g/mol. The third kappa shape index (κ3) is 5.95. The minimum Gasteiger partial charge on any atom is -0.481 e. The Hall–Kier alpha value is -2.37. The van der Waals surface area contributed by atoms with E-state index in [1.807, 2.05) is 0 Å². The summed E-state index contributed by atoms with van der Waals surface area (Å²) in [4.78, 5) is 33.7. The van der Waals surface area contributed by atoms with Crippen LogP contribution in [-0.2, 0) is 14.3 Å². The fourth-order valence-corrected chi connectivity index (χ4v) is 2.30. The Balaban J connectivity index is 2.51. The molecule has 0 fully saturated rings. The van der Waals surface area contributed by atoms with E-state index in [1.54, 1.807) is 12.1 Å². The quantitative estimate of drug-likeness (QED) is 0.502. The summed E-state index contributed by atoms with van der Waals surface area (Å²) in [6.45, 7) is 0.0992. The van der Waals surface area contributed by atoms with Gasteiger partial charge in [0, 0.05) is 6.42 Å². The number of carboxylic acid groups (broad SMARTS) is 2. The lowest BCUT2D eigenvalue weighted by atomic mass is 10.1. The maximum absolute atomic E-state index is 11.3. The van der Waals surface area contributed by atoms with Crippen molar-refractivity contribution in [1.82, 2.24) is 5.32 Å². The zero-order valence-corrected chi connectivity index (χ0v) is 12.6. The third-order valence-electron chi connectivity index (χ3n) is 2.59. The molecule has 0 saturated heterocycles. The van der Waals surface area contributed by atoms with Crippen molar-refractivity contribution in [3.05, 3.63) is 21.9 Å². The van der Waals surface area contributed by atoms with Gasteiger partial charge in [-0.1, -0.05) is 11.8 Å². The number of nitrogens with one attached hydrogen (secondary N) is 1. The Kier molecular flexibility index (Phi) is 7.08. The first kappa shape index (κ1) is 17.7. The Morgan fingerprint density at radius 3 is 2.68 bits per heavy atom. The minimum absolute atomic E-state index is 0.0160. The molecule has 0 saturated carbocycles. The zero-order valence-electron chi connectivity index (χ0n) is 11.8. The van der Waals surface area contributed by atoms with E-state index in [9.17, 15) is 14.4 Å². The van der Waals surface area contributed by atoms with E-state index in [-0.39, 0.29) is 19.4 Å². The van der Waals surface area contributed by atoms with E-state index in [0.717, 1.165) is 0 Å². The summed E-state index contributed by atoms with van der Waals surface area (Å²) in [6.07, 6.45) is -0.247. The molecule has 1 aromatic heterocycles. The number of rotatable bonds is 7. The van der Waals surface area contributed by atoms with Gasteiger partial charge in [-0.05, 0) is 18.6 Å². The topological polar surface area (TPSA) is 113 Å². The van der Waals surface area contributed by atoms with Gasteiger partial charge in [-0.25, -0.2) is 4.79 Å². The number of methoxy groups -OCH3 is 1. The second-order valence-corrected chi connectivity index (χ2v) is 5.25. The summed E-state index contributed by atoms with van der Waals surface area (Å²) in [5.74, 6) is 2.92. The minimum atomic E-state index is -1.12. The molecule has 1 unspecified atom stereocenters. The van der Waals surface area contributed by atoms with E-state index in [1.165, 1.54) is 18.4 Å². The van der Waals surface area contributed by atoms with Crippen LogP contribution < -0.4 is 5.32 Å². The van der Waals surface area contributed by atoms with E-state index in [2.05, 4.69) is 21.9 Å². The summed E-state index contributed by atoms with van der Waals surface area (Å²) < 4.78 is 4.58. The number of hydrogen-bond acceptors (Lipinski definition) is 6. The van der Waals surface area contributed by atoms with Crippen molar-refractivity contribution >= 4 is 29.2 Å². The summed E-state index contributed by atoms with van der Waals surface area (Å²) in [6, 6.07) is 2.31. The van der Waals surface area contributed by atoms with Crippen LogP contribution in [0.2, 0.25) is 0 Å². The molecular weight excluding hydrogens is 310 g/mol. The standard InChI is InChI=1S/C14H15NO6S/c1-21-14(20)11-6-4-9(22-11)3-2-8-15-10(13(18)19)5-7-12(16)17/h4,6,10,15H,5,7-8H2,1H3,(H,16,17)(H,18,19). The lowest BCUT2D eigenvalue weighted by Gasteiger charge is -2.10. The number of thiophene rings is 1. The number of ether oxygens (including phenoxy) is 1. The smallest absolute Gasteiger partial charge is 0.348 e. The van der Waals surface area contributed by atoms with Gasteiger partial charge in [0.05, 0.1) is 18.5 Å². The molecule has 22 heavy (non-hydrogen) atoms. The fraction of sp³-hybridized carbons (Fsp3) is 0.357. The Bertz CT molecular complexity index is 612. The molecule has 1 aromatic rings. The van der Waals surface area contributed by atoms with Gasteiger partial charge in [0.25, 0.3) is 0 Å². The highest BCUT2D eigenvalue weighted by molar-refractivity contribution is 7.14. The van der Waals surface area contributed by atoms with Crippen LogP contribution in [0.4, 0.5) is 0 Å². The van der Waals surface area contributed by atoms with Gasteiger partial charge in [-0.2, -0.15) is 0 Å². The molecule has 0 amide bonds. The summed E-state index contributed by atoms with van der Waals surface area (Å²) in [5, 5.41) is 20.1. The highest BCUT2D eigenvalue weighted by atomic mass is 32.1. The Labute approximate surface area is 130 Å². The van der Waals surface area contributed by atoms with E-state index in [4.69, 9.17) is 10.2 Å². The molecule has 0 aliphatic rings. The molecule has 1 atom stereocenters. The Morgan fingerprint density at radius 2 is 2.09 bits per heavy atom. The van der Waals surface area contributed by atoms with Gasteiger partial charge in [-0.15, -0.1) is 11.3 Å². The predicted octanol–water partition coefficient (Wildman–Crippen LogP) is 0.794. The van der Waals surface area contributed by atoms with Crippen molar-refractivity contribution < 1.29 is 29.3 Å². The van der Waals surface area contributed by atoms with Gasteiger partial charge < -0.3 is 14.9 Å². The Morgan fingerprint density at radius 1 is 1.36 bits per heavy atom. The lowest BCUT2D eigenvalue weighted by Crippen LogP contribution is -2.37. The van der Waals surface area contributed by atoms with E-state index >= 15 is 0 Å². The van der Waals surface area contributed by atoms with Crippen molar-refractivity contribution in [3.8, 4) is 11.8 Å². The number of hydrogen-bond donors (Lipinski definition) is 3. The molecule has 1 heterocycles. The van der Waals surface area contributed by atoms with Gasteiger partial charge in [0.1, 0.15) is 10.9 Å². The number of carbonyl (C=O) groups is 3. The number of aliphatic carboxylic acids is 2. The van der Waals surface area contributed by atoms with E-state index < -0.39 is 23.9 Å². The molecule has 0 aliphatic heterocycles.